The Kier molecular flexibility index (Phi) is 3.59. The third-order valence-electron chi connectivity index (χ3n) is 3.21. The van der Waals surface area contributed by atoms with Crippen molar-refractivity contribution in [1.82, 2.24) is 10.6 Å². The van der Waals surface area contributed by atoms with Gasteiger partial charge in [0.05, 0.1) is 0 Å². The van der Waals surface area contributed by atoms with E-state index in [1.54, 1.807) is 23.9 Å². The first kappa shape index (κ1) is 14.3. The third kappa shape index (κ3) is 2.04. The van der Waals surface area contributed by atoms with E-state index in [0.717, 1.165) is 4.90 Å². The molecule has 5 nitrogen and oxygen atoms in total. The quantitative estimate of drug-likeness (QED) is 0.503. The summed E-state index contributed by atoms with van der Waals surface area (Å²) in [5, 5.41) is 5.44. The Balaban J connectivity index is 0.00000133. The molecule has 2 aliphatic rings. The SMILES string of the molecule is Cl.Nc1cc(Cl)cc2c1SCCC21NC(=O)NC1=O. The molecule has 0 radical (unpaired) electrons. The first-order valence-electron chi connectivity index (χ1n) is 5.39. The number of urea groups is 1. The number of thioether (sulfide) groups is 1. The summed E-state index contributed by atoms with van der Waals surface area (Å²) in [5.41, 5.74) is 6.13. The number of hydrogen-bond acceptors (Lipinski definition) is 4. The lowest BCUT2D eigenvalue weighted by atomic mass is 9.86. The number of hydrogen-bond donors (Lipinski definition) is 3. The van der Waals surface area contributed by atoms with Crippen molar-refractivity contribution in [3.05, 3.63) is 22.7 Å². The van der Waals surface area contributed by atoms with E-state index < -0.39 is 11.6 Å². The van der Waals surface area contributed by atoms with E-state index in [-0.39, 0.29) is 18.3 Å². The van der Waals surface area contributed by atoms with Crippen LogP contribution >= 0.6 is 35.8 Å². The van der Waals surface area contributed by atoms with E-state index in [0.29, 0.717) is 28.4 Å². The second-order valence-corrected chi connectivity index (χ2v) is 5.83. The van der Waals surface area contributed by atoms with Crippen molar-refractivity contribution >= 4 is 53.4 Å². The van der Waals surface area contributed by atoms with Crippen LogP contribution < -0.4 is 16.4 Å². The number of anilines is 1. The number of rotatable bonds is 0. The first-order chi connectivity index (χ1) is 8.53. The van der Waals surface area contributed by atoms with Crippen LogP contribution in [0.3, 0.4) is 0 Å². The highest BCUT2D eigenvalue weighted by atomic mass is 35.5. The van der Waals surface area contributed by atoms with Gasteiger partial charge in [-0.1, -0.05) is 11.6 Å². The van der Waals surface area contributed by atoms with E-state index in [4.69, 9.17) is 17.3 Å². The Hall–Kier alpha value is -1.11. The fourth-order valence-corrected chi connectivity index (χ4v) is 3.84. The van der Waals surface area contributed by atoms with Crippen LogP contribution in [0.4, 0.5) is 10.5 Å². The molecule has 1 aromatic carbocycles. The van der Waals surface area contributed by atoms with Gasteiger partial charge >= 0.3 is 6.03 Å². The maximum Gasteiger partial charge on any atom is 0.322 e. The van der Waals surface area contributed by atoms with Gasteiger partial charge in [0.15, 0.2) is 0 Å². The predicted molar refractivity (Wildman–Crippen MR) is 76.8 cm³/mol. The number of imide groups is 1. The Labute approximate surface area is 125 Å². The van der Waals surface area contributed by atoms with Crippen molar-refractivity contribution in [2.75, 3.05) is 11.5 Å². The smallest absolute Gasteiger partial charge is 0.322 e. The monoisotopic (exact) mass is 319 g/mol. The minimum Gasteiger partial charge on any atom is -0.398 e. The van der Waals surface area contributed by atoms with Gasteiger partial charge in [-0.2, -0.15) is 0 Å². The zero-order valence-electron chi connectivity index (χ0n) is 9.66. The van der Waals surface area contributed by atoms with Gasteiger partial charge in [-0.15, -0.1) is 24.2 Å². The van der Waals surface area contributed by atoms with Gasteiger partial charge in [0, 0.05) is 26.9 Å². The lowest BCUT2D eigenvalue weighted by Gasteiger charge is -2.33. The topological polar surface area (TPSA) is 84.2 Å². The zero-order valence-corrected chi connectivity index (χ0v) is 12.0. The molecule has 1 fully saturated rings. The molecular weight excluding hydrogens is 309 g/mol. The van der Waals surface area contributed by atoms with Crippen LogP contribution in [0.2, 0.25) is 5.02 Å². The Morgan fingerprint density at radius 3 is 2.74 bits per heavy atom. The minimum absolute atomic E-state index is 0. The van der Waals surface area contributed by atoms with E-state index in [2.05, 4.69) is 10.6 Å². The lowest BCUT2D eigenvalue weighted by Crippen LogP contribution is -2.46. The molecule has 1 spiro atoms. The number of carbonyl (C=O) groups excluding carboxylic acids is 2. The van der Waals surface area contributed by atoms with Crippen LogP contribution in [0.1, 0.15) is 12.0 Å². The lowest BCUT2D eigenvalue weighted by molar-refractivity contribution is -0.124. The van der Waals surface area contributed by atoms with Gasteiger partial charge in [0.1, 0.15) is 5.54 Å². The molecule has 102 valence electrons. The summed E-state index contributed by atoms with van der Waals surface area (Å²) in [6.45, 7) is 0. The largest absolute Gasteiger partial charge is 0.398 e. The summed E-state index contributed by atoms with van der Waals surface area (Å²) in [6, 6.07) is 2.88. The third-order valence-corrected chi connectivity index (χ3v) is 4.58. The summed E-state index contributed by atoms with van der Waals surface area (Å²) in [4.78, 5) is 24.3. The molecule has 2 aliphatic heterocycles. The van der Waals surface area contributed by atoms with Gasteiger partial charge < -0.3 is 11.1 Å². The number of nitrogens with one attached hydrogen (secondary N) is 2. The standard InChI is InChI=1S/C11H10ClN3O2S.ClH/c12-5-3-6-8(7(13)4-5)18-2-1-11(6)9(16)14-10(17)15-11;/h3-4H,1-2,13H2,(H2,14,15,16,17);1H. The second-order valence-electron chi connectivity index (χ2n) is 4.28. The molecule has 3 rings (SSSR count). The van der Waals surface area contributed by atoms with Crippen LogP contribution in [-0.2, 0) is 10.3 Å². The summed E-state index contributed by atoms with van der Waals surface area (Å²) < 4.78 is 0. The normalized spacial score (nSPS) is 24.5. The molecule has 0 saturated carbocycles. The van der Waals surface area contributed by atoms with Crippen molar-refractivity contribution in [3.8, 4) is 0 Å². The predicted octanol–water partition coefficient (Wildman–Crippen LogP) is 1.87. The number of nitrogen functional groups attached to an aromatic ring is 1. The molecule has 1 atom stereocenters. The highest BCUT2D eigenvalue weighted by molar-refractivity contribution is 7.99. The molecule has 0 aliphatic carbocycles. The van der Waals surface area contributed by atoms with Crippen LogP contribution in [0, 0.1) is 0 Å². The molecule has 0 bridgehead atoms. The average molecular weight is 320 g/mol. The molecule has 8 heteroatoms. The zero-order chi connectivity index (χ0) is 12.9. The molecule has 1 saturated heterocycles. The van der Waals surface area contributed by atoms with Gasteiger partial charge in [0.2, 0.25) is 0 Å². The van der Waals surface area contributed by atoms with Crippen molar-refractivity contribution < 1.29 is 9.59 Å². The Morgan fingerprint density at radius 1 is 1.37 bits per heavy atom. The van der Waals surface area contributed by atoms with Gasteiger partial charge in [0.25, 0.3) is 5.91 Å². The molecule has 0 aromatic heterocycles. The summed E-state index contributed by atoms with van der Waals surface area (Å²) >= 11 is 7.57. The Bertz CT molecular complexity index is 581. The van der Waals surface area contributed by atoms with E-state index in [1.165, 1.54) is 0 Å². The van der Waals surface area contributed by atoms with Crippen LogP contribution in [-0.4, -0.2) is 17.7 Å². The fourth-order valence-electron chi connectivity index (χ4n) is 2.39. The number of benzene rings is 1. The van der Waals surface area contributed by atoms with Crippen molar-refractivity contribution in [1.29, 1.82) is 0 Å². The minimum atomic E-state index is -1.02. The first-order valence-corrected chi connectivity index (χ1v) is 6.75. The van der Waals surface area contributed by atoms with Crippen molar-refractivity contribution in [2.45, 2.75) is 16.9 Å². The van der Waals surface area contributed by atoms with Crippen LogP contribution in [0.5, 0.6) is 0 Å². The molecule has 1 unspecified atom stereocenters. The molecule has 4 N–H and O–H groups in total. The van der Waals surface area contributed by atoms with Crippen molar-refractivity contribution in [2.24, 2.45) is 0 Å². The van der Waals surface area contributed by atoms with Crippen molar-refractivity contribution in [3.63, 3.8) is 0 Å². The molecule has 1 aromatic rings. The maximum absolute atomic E-state index is 12.1. The van der Waals surface area contributed by atoms with E-state index in [1.807, 2.05) is 0 Å². The Morgan fingerprint density at radius 2 is 2.11 bits per heavy atom. The molecule has 2 heterocycles. The van der Waals surface area contributed by atoms with Gasteiger partial charge in [-0.3, -0.25) is 10.1 Å². The van der Waals surface area contributed by atoms with E-state index in [9.17, 15) is 9.59 Å². The number of halogens is 2. The van der Waals surface area contributed by atoms with E-state index >= 15 is 0 Å². The number of fused-ring (bicyclic) bond motifs is 2. The summed E-state index contributed by atoms with van der Waals surface area (Å²) in [6.07, 6.45) is 0.530. The highest BCUT2D eigenvalue weighted by Gasteiger charge is 2.50. The summed E-state index contributed by atoms with van der Waals surface area (Å²) in [5.74, 6) is 0.378. The average Bonchev–Trinajstić information content (AvgIpc) is 2.56. The highest BCUT2D eigenvalue weighted by Crippen LogP contribution is 2.45. The second kappa shape index (κ2) is 4.77. The number of carbonyl (C=O) groups is 2. The van der Waals surface area contributed by atoms with Gasteiger partial charge in [-0.05, 0) is 18.6 Å². The maximum atomic E-state index is 12.1. The summed E-state index contributed by atoms with van der Waals surface area (Å²) in [7, 11) is 0. The molecule has 3 amide bonds. The number of amides is 3. The van der Waals surface area contributed by atoms with Crippen LogP contribution in [0.15, 0.2) is 17.0 Å². The van der Waals surface area contributed by atoms with Gasteiger partial charge in [-0.25, -0.2) is 4.79 Å². The van der Waals surface area contributed by atoms with Crippen LogP contribution in [0.25, 0.3) is 0 Å². The number of nitrogens with two attached hydrogens (primary N) is 1. The molecule has 19 heavy (non-hydrogen) atoms. The molecular formula is C11H11Cl2N3O2S. The fraction of sp³-hybridized carbons (Fsp3) is 0.273.